The van der Waals surface area contributed by atoms with Crippen molar-refractivity contribution in [3.63, 3.8) is 0 Å². The van der Waals surface area contributed by atoms with Crippen molar-refractivity contribution in [2.75, 3.05) is 11.1 Å². The molecule has 0 spiro atoms. The first-order chi connectivity index (χ1) is 11.0. The fourth-order valence-electron chi connectivity index (χ4n) is 2.29. The lowest BCUT2D eigenvalue weighted by Crippen LogP contribution is -2.16. The lowest BCUT2D eigenvalue weighted by molar-refractivity contribution is -0.113. The molecule has 1 amide bonds. The molecular weight excluding hydrogens is 349 g/mol. The van der Waals surface area contributed by atoms with Crippen molar-refractivity contribution < 1.29 is 4.79 Å². The Morgan fingerprint density at radius 1 is 1.13 bits per heavy atom. The summed E-state index contributed by atoms with van der Waals surface area (Å²) >= 11 is 13.8. The van der Waals surface area contributed by atoms with Crippen LogP contribution in [0.3, 0.4) is 0 Å². The Hall–Kier alpha value is -1.16. The number of hydrogen-bond acceptors (Lipinski definition) is 2. The molecule has 2 nitrogen and oxygen atoms in total. The zero-order chi connectivity index (χ0) is 16.8. The minimum atomic E-state index is -0.0119. The van der Waals surface area contributed by atoms with Gasteiger partial charge in [0.05, 0.1) is 5.75 Å². The van der Waals surface area contributed by atoms with Gasteiger partial charge in [0.1, 0.15) is 0 Å². The summed E-state index contributed by atoms with van der Waals surface area (Å²) in [6.07, 6.45) is 0.889. The highest BCUT2D eigenvalue weighted by atomic mass is 35.5. The number of nitrogens with one attached hydrogen (secondary N) is 1. The summed E-state index contributed by atoms with van der Waals surface area (Å²) in [4.78, 5) is 12.2. The second-order valence-corrected chi connectivity index (χ2v) is 7.00. The third kappa shape index (κ3) is 4.90. The van der Waals surface area contributed by atoms with Gasteiger partial charge >= 0.3 is 0 Å². The van der Waals surface area contributed by atoms with Crippen molar-refractivity contribution in [2.24, 2.45) is 0 Å². The minimum absolute atomic E-state index is 0.0119. The molecular formula is C18H19Cl2NOS. The van der Waals surface area contributed by atoms with Gasteiger partial charge in [-0.15, -0.1) is 11.8 Å². The second kappa shape index (κ2) is 8.62. The first-order valence-electron chi connectivity index (χ1n) is 7.42. The van der Waals surface area contributed by atoms with Crippen LogP contribution in [0.5, 0.6) is 0 Å². The van der Waals surface area contributed by atoms with Gasteiger partial charge in [0.15, 0.2) is 0 Å². The number of thioether (sulfide) groups is 1. The monoisotopic (exact) mass is 367 g/mol. The number of carbonyl (C=O) groups is 1. The lowest BCUT2D eigenvalue weighted by atomic mass is 10.1. The van der Waals surface area contributed by atoms with E-state index in [-0.39, 0.29) is 5.91 Å². The normalized spacial score (nSPS) is 10.6. The predicted octanol–water partition coefficient (Wildman–Crippen LogP) is 5.74. The topological polar surface area (TPSA) is 29.1 Å². The fraction of sp³-hybridized carbons (Fsp3) is 0.278. The summed E-state index contributed by atoms with van der Waals surface area (Å²) < 4.78 is 0. The van der Waals surface area contributed by atoms with E-state index in [0.29, 0.717) is 21.6 Å². The molecule has 23 heavy (non-hydrogen) atoms. The Bertz CT molecular complexity index is 683. The van der Waals surface area contributed by atoms with Crippen molar-refractivity contribution in [1.29, 1.82) is 0 Å². The highest BCUT2D eigenvalue weighted by Gasteiger charge is 2.10. The van der Waals surface area contributed by atoms with Crippen molar-refractivity contribution >= 4 is 46.6 Å². The first kappa shape index (κ1) is 18.2. The fourth-order valence-corrected chi connectivity index (χ4v) is 3.86. The summed E-state index contributed by atoms with van der Waals surface area (Å²) in [6, 6.07) is 11.5. The highest BCUT2D eigenvalue weighted by molar-refractivity contribution is 7.99. The third-order valence-corrected chi connectivity index (χ3v) is 5.21. The van der Waals surface area contributed by atoms with Crippen LogP contribution >= 0.6 is 35.0 Å². The molecule has 0 aliphatic rings. The maximum atomic E-state index is 12.2. The zero-order valence-electron chi connectivity index (χ0n) is 13.2. The summed E-state index contributed by atoms with van der Waals surface area (Å²) in [5.74, 6) is 0.960. The van der Waals surface area contributed by atoms with Crippen LogP contribution in [0.4, 0.5) is 5.69 Å². The van der Waals surface area contributed by atoms with E-state index in [1.54, 1.807) is 0 Å². The average Bonchev–Trinajstić information content (AvgIpc) is 2.52. The van der Waals surface area contributed by atoms with Gasteiger partial charge in [-0.2, -0.15) is 0 Å². The predicted molar refractivity (Wildman–Crippen MR) is 102 cm³/mol. The molecule has 0 bridgehead atoms. The number of hydrogen-bond donors (Lipinski definition) is 1. The number of carbonyl (C=O) groups excluding carboxylic acids is 1. The molecule has 0 radical (unpaired) electrons. The van der Waals surface area contributed by atoms with E-state index in [4.69, 9.17) is 23.2 Å². The van der Waals surface area contributed by atoms with Gasteiger partial charge in [-0.25, -0.2) is 0 Å². The molecule has 0 fully saturated rings. The molecule has 122 valence electrons. The maximum Gasteiger partial charge on any atom is 0.234 e. The molecule has 0 unspecified atom stereocenters. The number of rotatable bonds is 6. The first-order valence-corrected chi connectivity index (χ1v) is 9.33. The highest BCUT2D eigenvalue weighted by Crippen LogP contribution is 2.28. The number of halogens is 2. The van der Waals surface area contributed by atoms with E-state index in [1.165, 1.54) is 11.8 Å². The average molecular weight is 368 g/mol. The smallest absolute Gasteiger partial charge is 0.234 e. The zero-order valence-corrected chi connectivity index (χ0v) is 15.5. The van der Waals surface area contributed by atoms with Crippen LogP contribution in [0.1, 0.15) is 23.6 Å². The Balaban J connectivity index is 1.94. The summed E-state index contributed by atoms with van der Waals surface area (Å²) in [7, 11) is 0. The number of anilines is 1. The Labute approximate surface area is 151 Å². The van der Waals surface area contributed by atoms with E-state index in [1.807, 2.05) is 43.3 Å². The van der Waals surface area contributed by atoms with Gasteiger partial charge in [-0.3, -0.25) is 4.79 Å². The van der Waals surface area contributed by atoms with Gasteiger partial charge in [0, 0.05) is 21.5 Å². The lowest BCUT2D eigenvalue weighted by Gasteiger charge is -2.13. The molecule has 0 heterocycles. The molecule has 0 saturated heterocycles. The van der Waals surface area contributed by atoms with Gasteiger partial charge in [-0.1, -0.05) is 54.4 Å². The molecule has 0 aliphatic heterocycles. The van der Waals surface area contributed by atoms with Gasteiger partial charge in [-0.05, 0) is 42.2 Å². The minimum Gasteiger partial charge on any atom is -0.325 e. The molecule has 2 rings (SSSR count). The van der Waals surface area contributed by atoms with Crippen LogP contribution in [-0.2, 0) is 17.0 Å². The summed E-state index contributed by atoms with van der Waals surface area (Å²) in [5, 5.41) is 4.29. The Kier molecular flexibility index (Phi) is 6.82. The number of aryl methyl sites for hydroxylation is 2. The van der Waals surface area contributed by atoms with Gasteiger partial charge in [0.25, 0.3) is 0 Å². The Morgan fingerprint density at radius 2 is 1.78 bits per heavy atom. The van der Waals surface area contributed by atoms with E-state index < -0.39 is 0 Å². The standard InChI is InChI=1S/C18H19Cl2NOS/c1-3-13-7-4-6-12(2)18(13)21-17(22)11-23-10-14-15(19)8-5-9-16(14)20/h4-9H,3,10-11H2,1-2H3,(H,21,22). The second-order valence-electron chi connectivity index (χ2n) is 5.20. The summed E-state index contributed by atoms with van der Waals surface area (Å²) in [5.41, 5.74) is 4.03. The van der Waals surface area contributed by atoms with Crippen LogP contribution in [0.2, 0.25) is 10.0 Å². The Morgan fingerprint density at radius 3 is 2.43 bits per heavy atom. The number of amides is 1. The quantitative estimate of drug-likeness (QED) is 0.705. The van der Waals surface area contributed by atoms with Crippen molar-refractivity contribution in [1.82, 2.24) is 0 Å². The SMILES string of the molecule is CCc1cccc(C)c1NC(=O)CSCc1c(Cl)cccc1Cl. The third-order valence-electron chi connectivity index (χ3n) is 3.55. The molecule has 5 heteroatoms. The van der Waals surface area contributed by atoms with Crippen LogP contribution in [0.25, 0.3) is 0 Å². The largest absolute Gasteiger partial charge is 0.325 e. The molecule has 0 aliphatic carbocycles. The molecule has 0 saturated carbocycles. The van der Waals surface area contributed by atoms with Crippen molar-refractivity contribution in [3.05, 3.63) is 63.1 Å². The van der Waals surface area contributed by atoms with Gasteiger partial charge in [0.2, 0.25) is 5.91 Å². The number of benzene rings is 2. The molecule has 0 atom stereocenters. The molecule has 1 N–H and O–H groups in total. The summed E-state index contributed by atoms with van der Waals surface area (Å²) in [6.45, 7) is 4.09. The van der Waals surface area contributed by atoms with Crippen LogP contribution in [-0.4, -0.2) is 11.7 Å². The van der Waals surface area contributed by atoms with Gasteiger partial charge < -0.3 is 5.32 Å². The molecule has 0 aromatic heterocycles. The van der Waals surface area contributed by atoms with Crippen LogP contribution < -0.4 is 5.32 Å². The van der Waals surface area contributed by atoms with E-state index in [9.17, 15) is 4.79 Å². The number of para-hydroxylation sites is 1. The molecule has 2 aromatic rings. The van der Waals surface area contributed by atoms with Crippen molar-refractivity contribution in [2.45, 2.75) is 26.0 Å². The maximum absolute atomic E-state index is 12.2. The van der Waals surface area contributed by atoms with E-state index >= 15 is 0 Å². The van der Waals surface area contributed by atoms with Crippen LogP contribution in [0.15, 0.2) is 36.4 Å². The van der Waals surface area contributed by atoms with E-state index in [2.05, 4.69) is 12.2 Å². The van der Waals surface area contributed by atoms with Crippen LogP contribution in [0, 0.1) is 6.92 Å². The molecule has 2 aromatic carbocycles. The van der Waals surface area contributed by atoms with E-state index in [0.717, 1.165) is 28.8 Å². The van der Waals surface area contributed by atoms with Crippen molar-refractivity contribution in [3.8, 4) is 0 Å².